The predicted octanol–water partition coefficient (Wildman–Crippen LogP) is 3.03. The van der Waals surface area contributed by atoms with Crippen LogP contribution in [0.3, 0.4) is 0 Å². The molecule has 0 fully saturated rings. The first-order valence-corrected chi connectivity index (χ1v) is 6.84. The molecule has 0 amide bonds. The number of nitrogens with one attached hydrogen (secondary N) is 1. The van der Waals surface area contributed by atoms with Crippen molar-refractivity contribution in [2.75, 3.05) is 6.54 Å². The first-order chi connectivity index (χ1) is 7.68. The molecule has 0 saturated carbocycles. The average Bonchev–Trinajstić information content (AvgIpc) is 2.74. The van der Waals surface area contributed by atoms with Gasteiger partial charge < -0.3 is 5.32 Å². The Morgan fingerprint density at radius 3 is 2.88 bits per heavy atom. The fourth-order valence-corrected chi connectivity index (χ4v) is 2.23. The number of hydrogen-bond donors (Lipinski definition) is 1. The van der Waals surface area contributed by atoms with Crippen LogP contribution in [-0.4, -0.2) is 18.4 Å². The van der Waals surface area contributed by atoms with Gasteiger partial charge in [-0.15, -0.1) is 11.3 Å². The molecule has 1 heterocycles. The second-order valence-corrected chi connectivity index (χ2v) is 5.36. The second kappa shape index (κ2) is 7.58. The van der Waals surface area contributed by atoms with Crippen molar-refractivity contribution in [1.29, 1.82) is 0 Å². The van der Waals surface area contributed by atoms with Gasteiger partial charge in [0.1, 0.15) is 5.78 Å². The van der Waals surface area contributed by atoms with Crippen molar-refractivity contribution in [3.05, 3.63) is 22.4 Å². The largest absolute Gasteiger partial charge is 0.315 e. The minimum atomic E-state index is 0.388. The standard InChI is InChI=1S/C13H21NOS/c1-11(2)14-9-3-5-12(15)7-8-13-6-4-10-16-13/h4,6,10-11,14H,3,5,7-9H2,1-2H3. The van der Waals surface area contributed by atoms with Gasteiger partial charge in [-0.05, 0) is 30.8 Å². The fourth-order valence-electron chi connectivity index (χ4n) is 1.52. The first-order valence-electron chi connectivity index (χ1n) is 5.96. The van der Waals surface area contributed by atoms with Gasteiger partial charge in [0.25, 0.3) is 0 Å². The molecule has 0 unspecified atom stereocenters. The highest BCUT2D eigenvalue weighted by atomic mass is 32.1. The van der Waals surface area contributed by atoms with Crippen molar-refractivity contribution in [1.82, 2.24) is 5.32 Å². The van der Waals surface area contributed by atoms with Crippen LogP contribution in [0.1, 0.15) is 38.0 Å². The number of carbonyl (C=O) groups excluding carboxylic acids is 1. The number of hydrogen-bond acceptors (Lipinski definition) is 3. The molecular weight excluding hydrogens is 218 g/mol. The lowest BCUT2D eigenvalue weighted by Crippen LogP contribution is -2.24. The maximum atomic E-state index is 11.6. The number of rotatable bonds is 8. The van der Waals surface area contributed by atoms with E-state index < -0.39 is 0 Å². The van der Waals surface area contributed by atoms with Crippen molar-refractivity contribution < 1.29 is 4.79 Å². The topological polar surface area (TPSA) is 29.1 Å². The van der Waals surface area contributed by atoms with Crippen LogP contribution in [0, 0.1) is 0 Å². The van der Waals surface area contributed by atoms with Gasteiger partial charge >= 0.3 is 0 Å². The maximum absolute atomic E-state index is 11.6. The zero-order valence-electron chi connectivity index (χ0n) is 10.2. The van der Waals surface area contributed by atoms with Gasteiger partial charge in [-0.1, -0.05) is 19.9 Å². The van der Waals surface area contributed by atoms with E-state index in [-0.39, 0.29) is 0 Å². The molecule has 90 valence electrons. The van der Waals surface area contributed by atoms with Crippen molar-refractivity contribution in [2.45, 2.75) is 45.6 Å². The number of thiophene rings is 1. The highest BCUT2D eigenvalue weighted by Gasteiger charge is 2.03. The highest BCUT2D eigenvalue weighted by Crippen LogP contribution is 2.11. The van der Waals surface area contributed by atoms with E-state index in [9.17, 15) is 4.79 Å². The number of Topliss-reactive ketones (excluding diaryl/α,β-unsaturated/α-hetero) is 1. The second-order valence-electron chi connectivity index (χ2n) is 4.33. The van der Waals surface area contributed by atoms with Crippen LogP contribution in [0.4, 0.5) is 0 Å². The van der Waals surface area contributed by atoms with Crippen LogP contribution in [0.15, 0.2) is 17.5 Å². The minimum absolute atomic E-state index is 0.388. The number of ketones is 1. The van der Waals surface area contributed by atoms with Crippen LogP contribution < -0.4 is 5.32 Å². The van der Waals surface area contributed by atoms with Crippen LogP contribution >= 0.6 is 11.3 Å². The van der Waals surface area contributed by atoms with E-state index >= 15 is 0 Å². The third-order valence-corrected chi connectivity index (χ3v) is 3.35. The van der Waals surface area contributed by atoms with Gasteiger partial charge in [0.05, 0.1) is 0 Å². The zero-order chi connectivity index (χ0) is 11.8. The molecule has 0 aliphatic carbocycles. The van der Waals surface area contributed by atoms with Crippen molar-refractivity contribution in [2.24, 2.45) is 0 Å². The lowest BCUT2D eigenvalue weighted by Gasteiger charge is -2.06. The Balaban J connectivity index is 2.03. The molecule has 0 aromatic carbocycles. The molecule has 2 nitrogen and oxygen atoms in total. The third kappa shape index (κ3) is 6.03. The lowest BCUT2D eigenvalue weighted by atomic mass is 10.1. The van der Waals surface area contributed by atoms with E-state index in [1.54, 1.807) is 11.3 Å². The van der Waals surface area contributed by atoms with Crippen molar-refractivity contribution >= 4 is 17.1 Å². The molecule has 3 heteroatoms. The predicted molar refractivity (Wildman–Crippen MR) is 70.0 cm³/mol. The fraction of sp³-hybridized carbons (Fsp3) is 0.615. The Labute approximate surface area is 102 Å². The Hall–Kier alpha value is -0.670. The Kier molecular flexibility index (Phi) is 6.34. The molecule has 0 radical (unpaired) electrons. The Morgan fingerprint density at radius 2 is 2.25 bits per heavy atom. The molecule has 1 rings (SSSR count). The van der Waals surface area contributed by atoms with Gasteiger partial charge in [0.15, 0.2) is 0 Å². The van der Waals surface area contributed by atoms with Gasteiger partial charge in [0.2, 0.25) is 0 Å². The molecular formula is C13H21NOS. The molecule has 1 N–H and O–H groups in total. The van der Waals surface area contributed by atoms with Crippen LogP contribution in [-0.2, 0) is 11.2 Å². The average molecular weight is 239 g/mol. The molecule has 0 saturated heterocycles. The first kappa shape index (κ1) is 13.4. The number of aryl methyl sites for hydroxylation is 1. The molecule has 0 spiro atoms. The molecule has 0 atom stereocenters. The summed E-state index contributed by atoms with van der Waals surface area (Å²) in [5.41, 5.74) is 0. The van der Waals surface area contributed by atoms with Gasteiger partial charge in [-0.25, -0.2) is 0 Å². The van der Waals surface area contributed by atoms with Crippen LogP contribution in [0.5, 0.6) is 0 Å². The monoisotopic (exact) mass is 239 g/mol. The summed E-state index contributed by atoms with van der Waals surface area (Å²) >= 11 is 1.73. The SMILES string of the molecule is CC(C)NCCCC(=O)CCc1cccs1. The Morgan fingerprint density at radius 1 is 1.44 bits per heavy atom. The molecule has 1 aromatic rings. The Bertz CT molecular complexity index is 293. The summed E-state index contributed by atoms with van der Waals surface area (Å²) in [6.07, 6.45) is 3.28. The van der Waals surface area contributed by atoms with Gasteiger partial charge in [-0.2, -0.15) is 0 Å². The van der Waals surface area contributed by atoms with E-state index in [2.05, 4.69) is 30.6 Å². The molecule has 0 aliphatic heterocycles. The summed E-state index contributed by atoms with van der Waals surface area (Å²) in [5.74, 6) is 0.388. The van der Waals surface area contributed by atoms with E-state index in [1.807, 2.05) is 6.07 Å². The van der Waals surface area contributed by atoms with Crippen LogP contribution in [0.25, 0.3) is 0 Å². The smallest absolute Gasteiger partial charge is 0.133 e. The summed E-state index contributed by atoms with van der Waals surface area (Å²) in [6, 6.07) is 4.65. The van der Waals surface area contributed by atoms with E-state index in [1.165, 1.54) is 4.88 Å². The summed E-state index contributed by atoms with van der Waals surface area (Å²) < 4.78 is 0. The summed E-state index contributed by atoms with van der Waals surface area (Å²) in [4.78, 5) is 12.9. The molecule has 1 aromatic heterocycles. The normalized spacial score (nSPS) is 10.9. The summed E-state index contributed by atoms with van der Waals surface area (Å²) in [7, 11) is 0. The minimum Gasteiger partial charge on any atom is -0.315 e. The number of carbonyl (C=O) groups is 1. The van der Waals surface area contributed by atoms with E-state index in [0.717, 1.165) is 19.4 Å². The van der Waals surface area contributed by atoms with E-state index in [4.69, 9.17) is 0 Å². The molecule has 0 aliphatic rings. The highest BCUT2D eigenvalue weighted by molar-refractivity contribution is 7.09. The quantitative estimate of drug-likeness (QED) is 0.707. The third-order valence-electron chi connectivity index (χ3n) is 2.42. The van der Waals surface area contributed by atoms with Crippen molar-refractivity contribution in [3.63, 3.8) is 0 Å². The zero-order valence-corrected chi connectivity index (χ0v) is 11.0. The van der Waals surface area contributed by atoms with Crippen LogP contribution in [0.2, 0.25) is 0 Å². The van der Waals surface area contributed by atoms with E-state index in [0.29, 0.717) is 24.7 Å². The molecule has 16 heavy (non-hydrogen) atoms. The summed E-state index contributed by atoms with van der Waals surface area (Å²) in [5, 5.41) is 5.38. The summed E-state index contributed by atoms with van der Waals surface area (Å²) in [6.45, 7) is 5.19. The maximum Gasteiger partial charge on any atom is 0.133 e. The lowest BCUT2D eigenvalue weighted by molar-refractivity contribution is -0.119. The van der Waals surface area contributed by atoms with Gasteiger partial charge in [-0.3, -0.25) is 4.79 Å². The molecule has 0 bridgehead atoms. The van der Waals surface area contributed by atoms with Gasteiger partial charge in [0, 0.05) is 23.8 Å². The van der Waals surface area contributed by atoms with Crippen molar-refractivity contribution in [3.8, 4) is 0 Å².